The fourth-order valence-corrected chi connectivity index (χ4v) is 0.812. The Bertz CT molecular complexity index is 144. The number of carbonyl (C=O) groups excluding carboxylic acids is 1. The Labute approximate surface area is 75.3 Å². The first-order valence-electron chi connectivity index (χ1n) is 4.47. The molecule has 1 atom stereocenters. The molecule has 0 aliphatic rings. The van der Waals surface area contributed by atoms with E-state index in [4.69, 9.17) is 4.74 Å². The largest absolute Gasteiger partial charge is 0.466 e. The van der Waals surface area contributed by atoms with E-state index >= 15 is 0 Å². The average molecular weight is 172 g/mol. The van der Waals surface area contributed by atoms with Crippen LogP contribution in [0.4, 0.5) is 0 Å². The summed E-state index contributed by atoms with van der Waals surface area (Å²) in [5.74, 6) is 0.396. The lowest BCUT2D eigenvalue weighted by molar-refractivity contribution is -0.141. The fourth-order valence-electron chi connectivity index (χ4n) is 0.812. The van der Waals surface area contributed by atoms with E-state index in [0.29, 0.717) is 17.9 Å². The molecular weight excluding hydrogens is 152 g/mol. The number of hydrogen-bond acceptors (Lipinski definition) is 2. The molecular formula is C10H20O2. The van der Waals surface area contributed by atoms with Crippen molar-refractivity contribution in [2.75, 3.05) is 6.61 Å². The highest BCUT2D eigenvalue weighted by atomic mass is 16.5. The Kier molecular flexibility index (Phi) is 4.29. The molecule has 0 aromatic carbocycles. The van der Waals surface area contributed by atoms with Gasteiger partial charge in [0.05, 0.1) is 6.61 Å². The minimum atomic E-state index is -0.184. The number of rotatable bonds is 3. The molecule has 0 aromatic rings. The van der Waals surface area contributed by atoms with E-state index in [2.05, 4.69) is 27.7 Å². The van der Waals surface area contributed by atoms with Crippen molar-refractivity contribution in [2.24, 2.45) is 11.3 Å². The summed E-state index contributed by atoms with van der Waals surface area (Å²) in [6, 6.07) is 0. The van der Waals surface area contributed by atoms with E-state index in [-0.39, 0.29) is 5.97 Å². The second-order valence-electron chi connectivity index (χ2n) is 4.40. The normalized spacial score (nSPS) is 14.1. The molecule has 0 aliphatic carbocycles. The Hall–Kier alpha value is -0.530. The molecule has 0 spiro atoms. The maximum Gasteiger partial charge on any atom is 0.302 e. The zero-order chi connectivity index (χ0) is 9.78. The van der Waals surface area contributed by atoms with Crippen LogP contribution >= 0.6 is 0 Å². The summed E-state index contributed by atoms with van der Waals surface area (Å²) in [6.07, 6.45) is 0.948. The van der Waals surface area contributed by atoms with Crippen LogP contribution in [0.3, 0.4) is 0 Å². The van der Waals surface area contributed by atoms with Crippen molar-refractivity contribution in [2.45, 2.75) is 41.0 Å². The Balaban J connectivity index is 3.58. The molecule has 0 saturated heterocycles. The third-order valence-corrected chi connectivity index (χ3v) is 2.33. The third kappa shape index (κ3) is 5.16. The van der Waals surface area contributed by atoms with Crippen LogP contribution in [-0.4, -0.2) is 12.6 Å². The Morgan fingerprint density at radius 3 is 2.25 bits per heavy atom. The quantitative estimate of drug-likeness (QED) is 0.612. The lowest BCUT2D eigenvalue weighted by atomic mass is 9.80. The van der Waals surface area contributed by atoms with Gasteiger partial charge in [0.1, 0.15) is 0 Å². The van der Waals surface area contributed by atoms with Crippen LogP contribution in [0.2, 0.25) is 0 Å². The van der Waals surface area contributed by atoms with Gasteiger partial charge in [-0.25, -0.2) is 0 Å². The van der Waals surface area contributed by atoms with Crippen molar-refractivity contribution in [1.82, 2.24) is 0 Å². The van der Waals surface area contributed by atoms with Crippen molar-refractivity contribution < 1.29 is 9.53 Å². The maximum absolute atomic E-state index is 10.5. The smallest absolute Gasteiger partial charge is 0.302 e. The topological polar surface area (TPSA) is 26.3 Å². The molecule has 2 heteroatoms. The van der Waals surface area contributed by atoms with Gasteiger partial charge in [-0.3, -0.25) is 4.79 Å². The van der Waals surface area contributed by atoms with Crippen molar-refractivity contribution in [1.29, 1.82) is 0 Å². The van der Waals surface area contributed by atoms with Crippen LogP contribution in [0.15, 0.2) is 0 Å². The lowest BCUT2D eigenvalue weighted by Gasteiger charge is -2.26. The summed E-state index contributed by atoms with van der Waals surface area (Å²) in [4.78, 5) is 10.5. The van der Waals surface area contributed by atoms with E-state index in [1.54, 1.807) is 0 Å². The van der Waals surface area contributed by atoms with Gasteiger partial charge < -0.3 is 4.74 Å². The van der Waals surface area contributed by atoms with E-state index in [1.165, 1.54) is 6.92 Å². The van der Waals surface area contributed by atoms with E-state index in [1.807, 2.05) is 0 Å². The van der Waals surface area contributed by atoms with Gasteiger partial charge in [0.2, 0.25) is 0 Å². The summed E-state index contributed by atoms with van der Waals surface area (Å²) in [5.41, 5.74) is 0.306. The van der Waals surface area contributed by atoms with Gasteiger partial charge in [-0.1, -0.05) is 27.7 Å². The van der Waals surface area contributed by atoms with Gasteiger partial charge in [-0.05, 0) is 17.8 Å². The van der Waals surface area contributed by atoms with Gasteiger partial charge >= 0.3 is 5.97 Å². The predicted octanol–water partition coefficient (Wildman–Crippen LogP) is 2.62. The van der Waals surface area contributed by atoms with Crippen LogP contribution in [0.25, 0.3) is 0 Å². The molecule has 0 radical (unpaired) electrons. The van der Waals surface area contributed by atoms with E-state index < -0.39 is 0 Å². The average Bonchev–Trinajstić information content (AvgIpc) is 1.84. The SMILES string of the molecule is CC(=O)OCC[C@H](C)C(C)(C)C. The Morgan fingerprint density at radius 2 is 1.92 bits per heavy atom. The molecule has 0 unspecified atom stereocenters. The first kappa shape index (κ1) is 11.5. The molecule has 0 heterocycles. The van der Waals surface area contributed by atoms with Crippen molar-refractivity contribution >= 4 is 5.97 Å². The van der Waals surface area contributed by atoms with Crippen LogP contribution in [-0.2, 0) is 9.53 Å². The Morgan fingerprint density at radius 1 is 1.42 bits per heavy atom. The highest BCUT2D eigenvalue weighted by Gasteiger charge is 2.19. The molecule has 0 N–H and O–H groups in total. The third-order valence-electron chi connectivity index (χ3n) is 2.33. The minimum Gasteiger partial charge on any atom is -0.466 e. The second kappa shape index (κ2) is 4.48. The van der Waals surface area contributed by atoms with E-state index in [9.17, 15) is 4.79 Å². The first-order valence-corrected chi connectivity index (χ1v) is 4.47. The summed E-state index contributed by atoms with van der Waals surface area (Å²) in [7, 11) is 0. The molecule has 72 valence electrons. The summed E-state index contributed by atoms with van der Waals surface area (Å²) in [5, 5.41) is 0. The van der Waals surface area contributed by atoms with Gasteiger partial charge in [-0.15, -0.1) is 0 Å². The molecule has 0 amide bonds. The monoisotopic (exact) mass is 172 g/mol. The van der Waals surface area contributed by atoms with Gasteiger partial charge in [-0.2, -0.15) is 0 Å². The number of esters is 1. The molecule has 0 bridgehead atoms. The van der Waals surface area contributed by atoms with Gasteiger partial charge in [0, 0.05) is 6.92 Å². The van der Waals surface area contributed by atoms with Gasteiger partial charge in [0.15, 0.2) is 0 Å². The molecule has 0 rings (SSSR count). The fraction of sp³-hybridized carbons (Fsp3) is 0.900. The summed E-state index contributed by atoms with van der Waals surface area (Å²) in [6.45, 7) is 10.8. The van der Waals surface area contributed by atoms with Crippen molar-refractivity contribution in [3.63, 3.8) is 0 Å². The number of ether oxygens (including phenoxy) is 1. The minimum absolute atomic E-state index is 0.184. The molecule has 0 aromatic heterocycles. The van der Waals surface area contributed by atoms with E-state index in [0.717, 1.165) is 6.42 Å². The standard InChI is InChI=1S/C10H20O2/c1-8(10(3,4)5)6-7-12-9(2)11/h8H,6-7H2,1-5H3/t8-/m0/s1. The molecule has 0 aliphatic heterocycles. The van der Waals surface area contributed by atoms with Gasteiger partial charge in [0.25, 0.3) is 0 Å². The highest BCUT2D eigenvalue weighted by Crippen LogP contribution is 2.27. The molecule has 12 heavy (non-hydrogen) atoms. The number of hydrogen-bond donors (Lipinski definition) is 0. The van der Waals surface area contributed by atoms with Crippen LogP contribution in [0.5, 0.6) is 0 Å². The highest BCUT2D eigenvalue weighted by molar-refractivity contribution is 5.65. The zero-order valence-corrected chi connectivity index (χ0v) is 8.81. The van der Waals surface area contributed by atoms with Crippen LogP contribution in [0, 0.1) is 11.3 Å². The summed E-state index contributed by atoms with van der Waals surface area (Å²) >= 11 is 0. The second-order valence-corrected chi connectivity index (χ2v) is 4.40. The van der Waals surface area contributed by atoms with Crippen LogP contribution in [0.1, 0.15) is 41.0 Å². The summed E-state index contributed by atoms with van der Waals surface area (Å²) < 4.78 is 4.87. The zero-order valence-electron chi connectivity index (χ0n) is 8.81. The van der Waals surface area contributed by atoms with Crippen molar-refractivity contribution in [3.05, 3.63) is 0 Å². The number of carbonyl (C=O) groups is 1. The van der Waals surface area contributed by atoms with Crippen LogP contribution < -0.4 is 0 Å². The molecule has 0 fully saturated rings. The van der Waals surface area contributed by atoms with Crippen molar-refractivity contribution in [3.8, 4) is 0 Å². The maximum atomic E-state index is 10.5. The lowest BCUT2D eigenvalue weighted by Crippen LogP contribution is -2.19. The molecule has 2 nitrogen and oxygen atoms in total. The predicted molar refractivity (Wildman–Crippen MR) is 49.9 cm³/mol. The first-order chi connectivity index (χ1) is 5.34. The molecule has 0 saturated carbocycles.